The first-order valence-corrected chi connectivity index (χ1v) is 11.7. The van der Waals surface area contributed by atoms with Crippen molar-refractivity contribution in [2.24, 2.45) is 5.73 Å². The molecule has 0 aliphatic carbocycles. The van der Waals surface area contributed by atoms with Crippen LogP contribution in [0.25, 0.3) is 11.1 Å². The van der Waals surface area contributed by atoms with E-state index in [-0.39, 0.29) is 30.8 Å². The average Bonchev–Trinajstić information content (AvgIpc) is 2.84. The highest BCUT2D eigenvalue weighted by Gasteiger charge is 2.41. The largest absolute Gasteiger partial charge is 0.450 e. The number of amides is 2. The van der Waals surface area contributed by atoms with Crippen molar-refractivity contribution < 1.29 is 27.5 Å². The van der Waals surface area contributed by atoms with Crippen LogP contribution in [0.3, 0.4) is 0 Å². The second-order valence-corrected chi connectivity index (χ2v) is 9.14. The molecule has 0 unspecified atom stereocenters. The third kappa shape index (κ3) is 5.37. The van der Waals surface area contributed by atoms with Gasteiger partial charge in [-0.1, -0.05) is 36.4 Å². The van der Waals surface area contributed by atoms with Gasteiger partial charge in [-0.3, -0.25) is 4.79 Å². The van der Waals surface area contributed by atoms with Crippen LogP contribution in [0.15, 0.2) is 66.7 Å². The number of ether oxygens (including phenoxy) is 1. The van der Waals surface area contributed by atoms with Crippen LogP contribution in [-0.2, 0) is 14.9 Å². The number of rotatable bonds is 7. The van der Waals surface area contributed by atoms with Crippen molar-refractivity contribution in [2.45, 2.75) is 37.6 Å². The highest BCUT2D eigenvalue weighted by atomic mass is 19.1. The van der Waals surface area contributed by atoms with E-state index in [2.05, 4.69) is 0 Å². The lowest BCUT2D eigenvalue weighted by atomic mass is 9.70. The Balaban J connectivity index is 1.51. The number of likely N-dealkylation sites (tertiary alicyclic amines) is 1. The van der Waals surface area contributed by atoms with Crippen molar-refractivity contribution in [3.63, 3.8) is 0 Å². The van der Waals surface area contributed by atoms with Gasteiger partial charge in [0.1, 0.15) is 17.5 Å². The van der Waals surface area contributed by atoms with Crippen LogP contribution < -0.4 is 5.73 Å². The zero-order valence-electron chi connectivity index (χ0n) is 19.8. The average molecular weight is 497 g/mol. The van der Waals surface area contributed by atoms with Gasteiger partial charge >= 0.3 is 6.09 Å². The van der Waals surface area contributed by atoms with Crippen LogP contribution in [0.5, 0.6) is 0 Å². The topological polar surface area (TPSA) is 72.6 Å². The molecule has 5 nitrogen and oxygen atoms in total. The summed E-state index contributed by atoms with van der Waals surface area (Å²) >= 11 is 0. The lowest BCUT2D eigenvalue weighted by Gasteiger charge is -2.44. The Hall–Kier alpha value is -3.81. The lowest BCUT2D eigenvalue weighted by molar-refractivity contribution is -0.138. The van der Waals surface area contributed by atoms with Crippen LogP contribution in [0.1, 0.15) is 43.4 Å². The van der Waals surface area contributed by atoms with Crippen LogP contribution in [0, 0.1) is 17.5 Å². The lowest BCUT2D eigenvalue weighted by Crippen LogP contribution is -2.47. The molecule has 1 saturated heterocycles. The van der Waals surface area contributed by atoms with Crippen molar-refractivity contribution in [1.82, 2.24) is 4.90 Å². The summed E-state index contributed by atoms with van der Waals surface area (Å²) in [4.78, 5) is 26.2. The minimum absolute atomic E-state index is 0.0525. The van der Waals surface area contributed by atoms with E-state index >= 15 is 0 Å². The number of carbonyl (C=O) groups excluding carboxylic acids is 2. The molecule has 36 heavy (non-hydrogen) atoms. The van der Waals surface area contributed by atoms with Gasteiger partial charge in [0, 0.05) is 30.0 Å². The van der Waals surface area contributed by atoms with E-state index in [4.69, 9.17) is 10.5 Å². The predicted octanol–water partition coefficient (Wildman–Crippen LogP) is 5.88. The summed E-state index contributed by atoms with van der Waals surface area (Å²) in [6, 6.07) is 16.4. The summed E-state index contributed by atoms with van der Waals surface area (Å²) in [5, 5.41) is 0. The maximum atomic E-state index is 14.2. The molecule has 1 fully saturated rings. The summed E-state index contributed by atoms with van der Waals surface area (Å²) in [7, 11) is 0. The molecule has 2 amide bonds. The van der Waals surface area contributed by atoms with Gasteiger partial charge in [0.25, 0.3) is 0 Å². The third-order valence-corrected chi connectivity index (χ3v) is 7.03. The minimum atomic E-state index is -0.884. The van der Waals surface area contributed by atoms with Crippen LogP contribution in [0.4, 0.5) is 18.0 Å². The molecule has 0 saturated carbocycles. The Morgan fingerprint density at radius 3 is 2.31 bits per heavy atom. The normalized spacial score (nSPS) is 18.7. The summed E-state index contributed by atoms with van der Waals surface area (Å²) in [6.45, 7) is 2.42. The smallest absolute Gasteiger partial charge is 0.404 e. The first kappa shape index (κ1) is 25.3. The van der Waals surface area contributed by atoms with E-state index in [1.807, 2.05) is 19.1 Å². The number of nitrogens with two attached hydrogens (primary N) is 1. The molecular formula is C28H27F3N2O3. The summed E-state index contributed by atoms with van der Waals surface area (Å²) in [5.74, 6) is -1.73. The monoisotopic (exact) mass is 496 g/mol. The molecule has 0 spiro atoms. The summed E-state index contributed by atoms with van der Waals surface area (Å²) in [5.41, 5.74) is 7.08. The van der Waals surface area contributed by atoms with Crippen molar-refractivity contribution in [3.05, 3.63) is 95.3 Å². The van der Waals surface area contributed by atoms with Crippen molar-refractivity contribution in [2.75, 3.05) is 13.2 Å². The molecule has 0 radical (unpaired) electrons. The SMILES string of the molecule is C[C@H](c1ccc(-c2ccc(F)cc2F)cc1)N1CC[C@@](CCOC(N)=O)(c2ccc(F)cc2)CC1=O. The Morgan fingerprint density at radius 1 is 1.03 bits per heavy atom. The first-order valence-electron chi connectivity index (χ1n) is 11.7. The van der Waals surface area contributed by atoms with Crippen LogP contribution in [0.2, 0.25) is 0 Å². The van der Waals surface area contributed by atoms with E-state index in [1.54, 1.807) is 29.2 Å². The van der Waals surface area contributed by atoms with Crippen molar-refractivity contribution >= 4 is 12.0 Å². The molecular weight excluding hydrogens is 469 g/mol. The van der Waals surface area contributed by atoms with Crippen LogP contribution >= 0.6 is 0 Å². The quantitative estimate of drug-likeness (QED) is 0.444. The fourth-order valence-electron chi connectivity index (χ4n) is 4.95. The molecule has 1 aliphatic rings. The standard InChI is InChI=1S/C28H27F3N2O3/c1-18(19-2-4-20(5-3-19)24-11-10-23(30)16-25(24)31)33-14-12-28(17-26(33)34,13-15-36-27(32)35)21-6-8-22(29)9-7-21/h2-11,16,18H,12-15,17H2,1H3,(H2,32,35)/t18-,28+/m1/s1. The maximum absolute atomic E-state index is 14.2. The van der Waals surface area contributed by atoms with Gasteiger partial charge in [-0.25, -0.2) is 18.0 Å². The van der Waals surface area contributed by atoms with E-state index in [1.165, 1.54) is 24.3 Å². The first-order chi connectivity index (χ1) is 17.2. The molecule has 1 heterocycles. The van der Waals surface area contributed by atoms with Gasteiger partial charge in [0.15, 0.2) is 0 Å². The zero-order valence-corrected chi connectivity index (χ0v) is 19.8. The zero-order chi connectivity index (χ0) is 25.9. The van der Waals surface area contributed by atoms with E-state index in [0.29, 0.717) is 30.5 Å². The van der Waals surface area contributed by atoms with Gasteiger partial charge in [-0.2, -0.15) is 0 Å². The number of carbonyl (C=O) groups is 2. The number of halogens is 3. The second-order valence-electron chi connectivity index (χ2n) is 9.14. The van der Waals surface area contributed by atoms with Gasteiger partial charge < -0.3 is 15.4 Å². The number of primary amides is 1. The molecule has 2 N–H and O–H groups in total. The van der Waals surface area contributed by atoms with Gasteiger partial charge in [0.2, 0.25) is 5.91 Å². The molecule has 3 aromatic carbocycles. The summed E-state index contributed by atoms with van der Waals surface area (Å²) < 4.78 is 45.9. The number of hydrogen-bond donors (Lipinski definition) is 1. The minimum Gasteiger partial charge on any atom is -0.450 e. The van der Waals surface area contributed by atoms with Crippen molar-refractivity contribution in [3.8, 4) is 11.1 Å². The fraction of sp³-hybridized carbons (Fsp3) is 0.286. The number of nitrogens with zero attached hydrogens (tertiary/aromatic N) is 1. The van der Waals surface area contributed by atoms with Gasteiger partial charge in [0.05, 0.1) is 12.6 Å². The van der Waals surface area contributed by atoms with E-state index < -0.39 is 23.1 Å². The maximum Gasteiger partial charge on any atom is 0.404 e. The third-order valence-electron chi connectivity index (χ3n) is 7.03. The highest BCUT2D eigenvalue weighted by molar-refractivity contribution is 5.79. The molecule has 188 valence electrons. The molecule has 3 aromatic rings. The van der Waals surface area contributed by atoms with E-state index in [0.717, 1.165) is 17.2 Å². The van der Waals surface area contributed by atoms with Crippen molar-refractivity contribution in [1.29, 1.82) is 0 Å². The Labute approximate surface area is 207 Å². The Morgan fingerprint density at radius 2 is 1.69 bits per heavy atom. The Kier molecular flexibility index (Phi) is 7.33. The molecule has 2 atom stereocenters. The molecule has 4 rings (SSSR count). The number of benzene rings is 3. The fourth-order valence-corrected chi connectivity index (χ4v) is 4.95. The van der Waals surface area contributed by atoms with Gasteiger partial charge in [-0.15, -0.1) is 0 Å². The number of piperidine rings is 1. The van der Waals surface area contributed by atoms with E-state index in [9.17, 15) is 22.8 Å². The Bertz CT molecular complexity index is 1250. The molecule has 8 heteroatoms. The highest BCUT2D eigenvalue weighted by Crippen LogP contribution is 2.41. The molecule has 0 aromatic heterocycles. The van der Waals surface area contributed by atoms with Crippen LogP contribution in [-0.4, -0.2) is 30.1 Å². The molecule has 0 bridgehead atoms. The summed E-state index contributed by atoms with van der Waals surface area (Å²) in [6.07, 6.45) is 0.262. The number of hydrogen-bond acceptors (Lipinski definition) is 3. The van der Waals surface area contributed by atoms with Gasteiger partial charge in [-0.05, 0) is 60.7 Å². The predicted molar refractivity (Wildman–Crippen MR) is 129 cm³/mol. The second kappa shape index (κ2) is 10.4. The molecule has 1 aliphatic heterocycles.